The molecular weight excluding hydrogens is 380 g/mol. The first-order valence-corrected chi connectivity index (χ1v) is 9.05. The number of aryl methyl sites for hydroxylation is 1. The van der Waals surface area contributed by atoms with E-state index in [0.29, 0.717) is 17.3 Å². The van der Waals surface area contributed by atoms with Crippen molar-refractivity contribution in [3.63, 3.8) is 0 Å². The maximum Gasteiger partial charge on any atom is 0.238 e. The zero-order chi connectivity index (χ0) is 16.6. The van der Waals surface area contributed by atoms with E-state index in [2.05, 4.69) is 20.9 Å². The molecule has 23 heavy (non-hydrogen) atoms. The maximum atomic E-state index is 11.3. The molecule has 1 heterocycles. The fraction of sp³-hybridized carbons (Fsp3) is 0.0625. The molecule has 3 rings (SSSR count). The number of halogens is 1. The highest BCUT2D eigenvalue weighted by molar-refractivity contribution is 9.10. The van der Waals surface area contributed by atoms with E-state index in [-0.39, 0.29) is 4.90 Å². The van der Waals surface area contributed by atoms with Crippen LogP contribution in [0.2, 0.25) is 0 Å². The molecule has 2 aromatic carbocycles. The van der Waals surface area contributed by atoms with E-state index >= 15 is 0 Å². The number of primary sulfonamides is 1. The summed E-state index contributed by atoms with van der Waals surface area (Å²) in [7, 11) is -3.72. The van der Waals surface area contributed by atoms with Gasteiger partial charge in [0.25, 0.3) is 0 Å². The van der Waals surface area contributed by atoms with Crippen LogP contribution in [0, 0.1) is 6.92 Å². The van der Waals surface area contributed by atoms with Crippen LogP contribution in [0.5, 0.6) is 0 Å². The van der Waals surface area contributed by atoms with Crippen molar-refractivity contribution >= 4 is 26.0 Å². The monoisotopic (exact) mass is 392 g/mol. The summed E-state index contributed by atoms with van der Waals surface area (Å²) in [5, 5.41) is 5.12. The van der Waals surface area contributed by atoms with Crippen molar-refractivity contribution in [1.82, 2.24) is 4.98 Å². The molecule has 0 fully saturated rings. The molecule has 118 valence electrons. The lowest BCUT2D eigenvalue weighted by Crippen LogP contribution is -2.11. The van der Waals surface area contributed by atoms with Crippen LogP contribution in [0.3, 0.4) is 0 Å². The molecule has 2 N–H and O–H groups in total. The fourth-order valence-electron chi connectivity index (χ4n) is 2.22. The Morgan fingerprint density at radius 2 is 1.57 bits per heavy atom. The zero-order valence-electron chi connectivity index (χ0n) is 12.2. The smallest absolute Gasteiger partial charge is 0.238 e. The second-order valence-electron chi connectivity index (χ2n) is 4.99. The van der Waals surface area contributed by atoms with Gasteiger partial charge in [0.2, 0.25) is 10.0 Å². The van der Waals surface area contributed by atoms with Gasteiger partial charge >= 0.3 is 0 Å². The van der Waals surface area contributed by atoms with Crippen molar-refractivity contribution in [2.24, 2.45) is 5.14 Å². The van der Waals surface area contributed by atoms with E-state index in [1.165, 1.54) is 12.1 Å². The van der Waals surface area contributed by atoms with E-state index in [4.69, 9.17) is 9.56 Å². The van der Waals surface area contributed by atoms with Crippen LogP contribution in [0.4, 0.5) is 0 Å². The molecular formula is C16H13BrN2O3S. The standard InChI is InChI=1S/C16H13BrN2O3S/c1-10-19-15(11-2-6-13(17)7-3-11)16(22-10)12-4-8-14(9-5-12)23(18,20)21/h2-9H,1H3,(H2,18,20,21). The largest absolute Gasteiger partial charge is 0.440 e. The van der Waals surface area contributed by atoms with Gasteiger partial charge in [0.1, 0.15) is 5.69 Å². The van der Waals surface area contributed by atoms with Gasteiger partial charge in [0.05, 0.1) is 4.90 Å². The first kappa shape index (κ1) is 15.9. The van der Waals surface area contributed by atoms with Gasteiger partial charge < -0.3 is 4.42 Å². The number of nitrogens with zero attached hydrogens (tertiary/aromatic N) is 1. The molecule has 0 amide bonds. The SMILES string of the molecule is Cc1nc(-c2ccc(Br)cc2)c(-c2ccc(S(N)(=O)=O)cc2)o1. The third kappa shape index (κ3) is 3.36. The molecule has 7 heteroatoms. The molecule has 1 aromatic heterocycles. The minimum absolute atomic E-state index is 0.0580. The van der Waals surface area contributed by atoms with E-state index < -0.39 is 10.0 Å². The summed E-state index contributed by atoms with van der Waals surface area (Å²) in [6.07, 6.45) is 0. The van der Waals surface area contributed by atoms with E-state index in [9.17, 15) is 8.42 Å². The maximum absolute atomic E-state index is 11.3. The van der Waals surface area contributed by atoms with Crippen molar-refractivity contribution in [1.29, 1.82) is 0 Å². The average Bonchev–Trinajstić information content (AvgIpc) is 2.89. The second kappa shape index (κ2) is 5.92. The van der Waals surface area contributed by atoms with Gasteiger partial charge in [0, 0.05) is 22.5 Å². The summed E-state index contributed by atoms with van der Waals surface area (Å²) >= 11 is 3.40. The van der Waals surface area contributed by atoms with E-state index in [0.717, 1.165) is 15.6 Å². The second-order valence-corrected chi connectivity index (χ2v) is 7.46. The molecule has 0 atom stereocenters. The van der Waals surface area contributed by atoms with E-state index in [1.54, 1.807) is 19.1 Å². The van der Waals surface area contributed by atoms with Crippen LogP contribution < -0.4 is 5.14 Å². The molecule has 3 aromatic rings. The molecule has 0 unspecified atom stereocenters. The number of nitrogens with two attached hydrogens (primary N) is 1. The summed E-state index contributed by atoms with van der Waals surface area (Å²) < 4.78 is 29.4. The number of sulfonamides is 1. The van der Waals surface area contributed by atoms with Gasteiger partial charge in [-0.15, -0.1) is 0 Å². The molecule has 5 nitrogen and oxygen atoms in total. The van der Waals surface area contributed by atoms with Crippen molar-refractivity contribution in [3.8, 4) is 22.6 Å². The minimum Gasteiger partial charge on any atom is -0.440 e. The van der Waals surface area contributed by atoms with Gasteiger partial charge in [-0.3, -0.25) is 0 Å². The molecule has 0 aliphatic heterocycles. The number of oxazole rings is 1. The molecule has 0 aliphatic carbocycles. The minimum atomic E-state index is -3.72. The molecule has 0 spiro atoms. The molecule has 0 saturated heterocycles. The summed E-state index contributed by atoms with van der Waals surface area (Å²) in [5.41, 5.74) is 2.35. The van der Waals surface area contributed by atoms with Crippen LogP contribution >= 0.6 is 15.9 Å². The van der Waals surface area contributed by atoms with Gasteiger partial charge in [-0.1, -0.05) is 28.1 Å². The van der Waals surface area contributed by atoms with Crippen LogP contribution in [-0.2, 0) is 10.0 Å². The number of aromatic nitrogens is 1. The zero-order valence-corrected chi connectivity index (χ0v) is 14.6. The highest BCUT2D eigenvalue weighted by atomic mass is 79.9. The molecule has 0 radical (unpaired) electrons. The number of hydrogen-bond donors (Lipinski definition) is 1. The average molecular weight is 393 g/mol. The summed E-state index contributed by atoms with van der Waals surface area (Å²) in [5.74, 6) is 1.12. The summed E-state index contributed by atoms with van der Waals surface area (Å²) in [6.45, 7) is 1.77. The highest BCUT2D eigenvalue weighted by Gasteiger charge is 2.16. The highest BCUT2D eigenvalue weighted by Crippen LogP contribution is 2.33. The van der Waals surface area contributed by atoms with Crippen LogP contribution in [0.15, 0.2) is 62.3 Å². The Labute approximate surface area is 142 Å². The number of benzene rings is 2. The Morgan fingerprint density at radius 1 is 1.00 bits per heavy atom. The number of hydrogen-bond acceptors (Lipinski definition) is 4. The van der Waals surface area contributed by atoms with Crippen LogP contribution in [0.1, 0.15) is 5.89 Å². The molecule has 0 aliphatic rings. The van der Waals surface area contributed by atoms with Gasteiger partial charge in [-0.05, 0) is 36.4 Å². The number of rotatable bonds is 3. The van der Waals surface area contributed by atoms with Gasteiger partial charge in [-0.2, -0.15) is 0 Å². The van der Waals surface area contributed by atoms with Crippen molar-refractivity contribution in [2.45, 2.75) is 11.8 Å². The van der Waals surface area contributed by atoms with Crippen LogP contribution in [0.25, 0.3) is 22.6 Å². The predicted octanol–water partition coefficient (Wildman–Crippen LogP) is 3.73. The normalized spacial score (nSPS) is 11.6. The first-order valence-electron chi connectivity index (χ1n) is 6.71. The van der Waals surface area contributed by atoms with Gasteiger partial charge in [-0.25, -0.2) is 18.5 Å². The van der Waals surface area contributed by atoms with Crippen molar-refractivity contribution in [2.75, 3.05) is 0 Å². The molecule has 0 saturated carbocycles. The fourth-order valence-corrected chi connectivity index (χ4v) is 3.00. The van der Waals surface area contributed by atoms with Crippen LogP contribution in [-0.4, -0.2) is 13.4 Å². The summed E-state index contributed by atoms with van der Waals surface area (Å²) in [6, 6.07) is 13.9. The Hall–Kier alpha value is -1.96. The first-order chi connectivity index (χ1) is 10.8. The van der Waals surface area contributed by atoms with E-state index in [1.807, 2.05) is 24.3 Å². The van der Waals surface area contributed by atoms with Crippen molar-refractivity contribution in [3.05, 3.63) is 58.9 Å². The Kier molecular flexibility index (Phi) is 4.09. The Bertz CT molecular complexity index is 946. The van der Waals surface area contributed by atoms with Crippen molar-refractivity contribution < 1.29 is 12.8 Å². The quantitative estimate of drug-likeness (QED) is 0.735. The lowest BCUT2D eigenvalue weighted by molar-refractivity contribution is 0.534. The predicted molar refractivity (Wildman–Crippen MR) is 91.2 cm³/mol. The summed E-state index contributed by atoms with van der Waals surface area (Å²) in [4.78, 5) is 4.49. The topological polar surface area (TPSA) is 86.2 Å². The lowest BCUT2D eigenvalue weighted by atomic mass is 10.1. The lowest BCUT2D eigenvalue weighted by Gasteiger charge is -2.03. The Balaban J connectivity index is 2.09. The Morgan fingerprint density at radius 3 is 2.13 bits per heavy atom. The third-order valence-electron chi connectivity index (χ3n) is 3.30. The molecule has 0 bridgehead atoms. The third-order valence-corrected chi connectivity index (χ3v) is 4.75. The van der Waals surface area contributed by atoms with Gasteiger partial charge in [0.15, 0.2) is 11.7 Å².